The highest BCUT2D eigenvalue weighted by atomic mass is 16.2. The van der Waals surface area contributed by atoms with E-state index in [1.807, 2.05) is 12.1 Å². The highest BCUT2D eigenvalue weighted by molar-refractivity contribution is 5.92. The van der Waals surface area contributed by atoms with E-state index in [2.05, 4.69) is 48.7 Å². The molecule has 28 heavy (non-hydrogen) atoms. The summed E-state index contributed by atoms with van der Waals surface area (Å²) < 4.78 is 0. The molecule has 0 aromatic heterocycles. The van der Waals surface area contributed by atoms with E-state index in [0.29, 0.717) is 18.5 Å². The number of carbonyl (C=O) groups excluding carboxylic acids is 2. The number of hydrogen-bond donors (Lipinski definition) is 3. The van der Waals surface area contributed by atoms with Crippen molar-refractivity contribution in [3.05, 3.63) is 59.7 Å². The van der Waals surface area contributed by atoms with Gasteiger partial charge in [0.15, 0.2) is 6.54 Å². The van der Waals surface area contributed by atoms with Gasteiger partial charge in [-0.05, 0) is 35.7 Å². The van der Waals surface area contributed by atoms with Crippen molar-refractivity contribution in [3.8, 4) is 0 Å². The molecule has 0 radical (unpaired) electrons. The van der Waals surface area contributed by atoms with Gasteiger partial charge in [-0.3, -0.25) is 9.59 Å². The fourth-order valence-electron chi connectivity index (χ4n) is 3.38. The second-order valence-corrected chi connectivity index (χ2v) is 7.99. The number of rotatable bonds is 8. The van der Waals surface area contributed by atoms with Gasteiger partial charge in [0.25, 0.3) is 5.91 Å². The van der Waals surface area contributed by atoms with Crippen LogP contribution >= 0.6 is 0 Å². The Morgan fingerprint density at radius 2 is 1.54 bits per heavy atom. The number of quaternary nitrogens is 1. The molecule has 5 nitrogen and oxygen atoms in total. The average Bonchev–Trinajstić information content (AvgIpc) is 3.48. The lowest BCUT2D eigenvalue weighted by molar-refractivity contribution is -0.916. The van der Waals surface area contributed by atoms with Crippen LogP contribution in [0.2, 0.25) is 0 Å². The maximum absolute atomic E-state index is 12.5. The Morgan fingerprint density at radius 3 is 2.04 bits per heavy atom. The molecule has 0 heterocycles. The molecular formula is C23H30N3O2+. The van der Waals surface area contributed by atoms with Crippen LogP contribution in [0.15, 0.2) is 48.5 Å². The molecule has 1 saturated carbocycles. The van der Waals surface area contributed by atoms with Gasteiger partial charge in [0, 0.05) is 36.7 Å². The number of hydrogen-bond acceptors (Lipinski definition) is 2. The molecule has 3 rings (SSSR count). The largest absolute Gasteiger partial charge is 0.326 e. The smallest absolute Gasteiger partial charge is 0.279 e. The van der Waals surface area contributed by atoms with Gasteiger partial charge in [-0.25, -0.2) is 0 Å². The summed E-state index contributed by atoms with van der Waals surface area (Å²) in [5.41, 5.74) is 4.09. The first-order valence-corrected chi connectivity index (χ1v) is 10.0. The van der Waals surface area contributed by atoms with Crippen LogP contribution in [0.5, 0.6) is 0 Å². The van der Waals surface area contributed by atoms with Gasteiger partial charge in [-0.2, -0.15) is 0 Å². The first kappa shape index (κ1) is 20.1. The lowest BCUT2D eigenvalue weighted by Gasteiger charge is -2.19. The number of carbonyl (C=O) groups is 2. The normalized spacial score (nSPS) is 14.6. The summed E-state index contributed by atoms with van der Waals surface area (Å²) in [4.78, 5) is 25.0. The monoisotopic (exact) mass is 380 g/mol. The van der Waals surface area contributed by atoms with Gasteiger partial charge < -0.3 is 15.5 Å². The molecule has 148 valence electrons. The third-order valence-electron chi connectivity index (χ3n) is 5.11. The van der Waals surface area contributed by atoms with E-state index in [0.717, 1.165) is 17.9 Å². The molecule has 2 aromatic carbocycles. The Labute approximate surface area is 167 Å². The van der Waals surface area contributed by atoms with E-state index >= 15 is 0 Å². The minimum atomic E-state index is -0.109. The van der Waals surface area contributed by atoms with Crippen molar-refractivity contribution in [2.45, 2.75) is 52.1 Å². The maximum Gasteiger partial charge on any atom is 0.279 e. The number of nitrogens with one attached hydrogen (secondary N) is 3. The Bertz CT molecular complexity index is 809. The number of anilines is 2. The molecule has 1 atom stereocenters. The molecule has 1 unspecified atom stereocenters. The molecule has 1 fully saturated rings. The first-order valence-electron chi connectivity index (χ1n) is 10.0. The van der Waals surface area contributed by atoms with Crippen LogP contribution < -0.4 is 15.5 Å². The van der Waals surface area contributed by atoms with Gasteiger partial charge >= 0.3 is 0 Å². The molecule has 3 N–H and O–H groups in total. The zero-order chi connectivity index (χ0) is 20.1. The topological polar surface area (TPSA) is 62.6 Å². The average molecular weight is 381 g/mol. The van der Waals surface area contributed by atoms with E-state index in [4.69, 9.17) is 0 Å². The molecule has 2 amide bonds. The van der Waals surface area contributed by atoms with Crippen molar-refractivity contribution in [1.82, 2.24) is 0 Å². The molecule has 0 aliphatic heterocycles. The molecule has 0 spiro atoms. The Hall–Kier alpha value is -2.66. The minimum Gasteiger partial charge on any atom is -0.326 e. The van der Waals surface area contributed by atoms with Crippen molar-refractivity contribution in [2.24, 2.45) is 0 Å². The fraction of sp³-hybridized carbons (Fsp3) is 0.391. The van der Waals surface area contributed by atoms with Crippen LogP contribution in [0.3, 0.4) is 0 Å². The van der Waals surface area contributed by atoms with Gasteiger partial charge in [0.2, 0.25) is 5.91 Å². The molecule has 1 aliphatic rings. The third kappa shape index (κ3) is 5.92. The Balaban J connectivity index is 1.56. The highest BCUT2D eigenvalue weighted by Gasteiger charge is 2.34. The summed E-state index contributed by atoms with van der Waals surface area (Å²) in [7, 11) is 0. The minimum absolute atomic E-state index is 0.0213. The summed E-state index contributed by atoms with van der Waals surface area (Å²) >= 11 is 0. The molecule has 0 saturated heterocycles. The maximum atomic E-state index is 12.5. The van der Waals surface area contributed by atoms with E-state index in [9.17, 15) is 9.59 Å². The van der Waals surface area contributed by atoms with Crippen LogP contribution in [0.1, 0.15) is 50.7 Å². The molecule has 2 aromatic rings. The van der Waals surface area contributed by atoms with E-state index in [1.54, 1.807) is 12.1 Å². The van der Waals surface area contributed by atoms with Crippen LogP contribution in [-0.4, -0.2) is 24.4 Å². The highest BCUT2D eigenvalue weighted by Crippen LogP contribution is 2.18. The lowest BCUT2D eigenvalue weighted by atomic mass is 10.0. The zero-order valence-corrected chi connectivity index (χ0v) is 16.9. The van der Waals surface area contributed by atoms with Crippen LogP contribution in [0.25, 0.3) is 0 Å². The summed E-state index contributed by atoms with van der Waals surface area (Å²) in [6.07, 6.45) is 2.39. The van der Waals surface area contributed by atoms with E-state index in [-0.39, 0.29) is 11.8 Å². The quantitative estimate of drug-likeness (QED) is 0.659. The Morgan fingerprint density at radius 1 is 0.964 bits per heavy atom. The lowest BCUT2D eigenvalue weighted by Crippen LogP contribution is -3.13. The van der Waals surface area contributed by atoms with Gasteiger partial charge in [0.05, 0.1) is 6.04 Å². The summed E-state index contributed by atoms with van der Waals surface area (Å²) in [5, 5.41) is 5.70. The second kappa shape index (κ2) is 9.02. The molecular weight excluding hydrogens is 350 g/mol. The predicted molar refractivity (Wildman–Crippen MR) is 112 cm³/mol. The summed E-state index contributed by atoms with van der Waals surface area (Å²) in [6.45, 7) is 7.21. The van der Waals surface area contributed by atoms with Crippen molar-refractivity contribution >= 4 is 23.2 Å². The van der Waals surface area contributed by atoms with Crippen LogP contribution in [-0.2, 0) is 16.1 Å². The van der Waals surface area contributed by atoms with Crippen LogP contribution in [0, 0.1) is 0 Å². The molecule has 0 bridgehead atoms. The molecule has 1 aliphatic carbocycles. The van der Waals surface area contributed by atoms with Crippen molar-refractivity contribution in [3.63, 3.8) is 0 Å². The van der Waals surface area contributed by atoms with Crippen LogP contribution in [0.4, 0.5) is 11.4 Å². The van der Waals surface area contributed by atoms with Gasteiger partial charge in [-0.15, -0.1) is 0 Å². The van der Waals surface area contributed by atoms with Gasteiger partial charge in [-0.1, -0.05) is 38.1 Å². The summed E-state index contributed by atoms with van der Waals surface area (Å²) in [5.74, 6) is 0.443. The van der Waals surface area contributed by atoms with E-state index < -0.39 is 0 Å². The fourth-order valence-corrected chi connectivity index (χ4v) is 3.38. The van der Waals surface area contributed by atoms with Crippen molar-refractivity contribution in [1.29, 1.82) is 0 Å². The SMILES string of the molecule is CC(=O)Nc1ccc(NC(=O)C[NH+](Cc2ccc(C(C)C)cc2)C2CC2)cc1. The van der Waals surface area contributed by atoms with Crippen molar-refractivity contribution in [2.75, 3.05) is 17.2 Å². The van der Waals surface area contributed by atoms with E-state index in [1.165, 1.54) is 35.8 Å². The number of benzene rings is 2. The first-order chi connectivity index (χ1) is 13.4. The molecule has 5 heteroatoms. The number of amides is 2. The van der Waals surface area contributed by atoms with Gasteiger partial charge in [0.1, 0.15) is 6.54 Å². The zero-order valence-electron chi connectivity index (χ0n) is 16.9. The summed E-state index contributed by atoms with van der Waals surface area (Å²) in [6, 6.07) is 16.6. The standard InChI is InChI=1S/C23H29N3O2/c1-16(2)19-6-4-18(5-7-19)14-26(22-12-13-22)15-23(28)25-21-10-8-20(9-11-21)24-17(3)27/h4-11,16,22H,12-15H2,1-3H3,(H,24,27)(H,25,28)/p+1. The van der Waals surface area contributed by atoms with Crippen molar-refractivity contribution < 1.29 is 14.5 Å². The second-order valence-electron chi connectivity index (χ2n) is 7.99. The predicted octanol–water partition coefficient (Wildman–Crippen LogP) is 2.95. The Kier molecular flexibility index (Phi) is 6.47. The third-order valence-corrected chi connectivity index (χ3v) is 5.11.